The van der Waals surface area contributed by atoms with Gasteiger partial charge in [-0.05, 0) is 24.6 Å². The zero-order chi connectivity index (χ0) is 12.0. The summed E-state index contributed by atoms with van der Waals surface area (Å²) in [7, 11) is 0. The van der Waals surface area contributed by atoms with Crippen LogP contribution in [0.5, 0.6) is 0 Å². The average molecular weight is 284 g/mol. The van der Waals surface area contributed by atoms with Gasteiger partial charge in [-0.2, -0.15) is 0 Å². The van der Waals surface area contributed by atoms with Gasteiger partial charge in [0.1, 0.15) is 0 Å². The molecule has 0 bridgehead atoms. The molecule has 0 unspecified atom stereocenters. The van der Waals surface area contributed by atoms with E-state index in [-0.39, 0.29) is 6.04 Å². The highest BCUT2D eigenvalue weighted by molar-refractivity contribution is 9.10. The highest BCUT2D eigenvalue weighted by Gasteiger charge is 2.03. The van der Waals surface area contributed by atoms with Crippen LogP contribution in [0, 0.1) is 0 Å². The van der Waals surface area contributed by atoms with Crippen LogP contribution in [0.15, 0.2) is 40.9 Å². The van der Waals surface area contributed by atoms with Crippen molar-refractivity contribution >= 4 is 21.9 Å². The minimum atomic E-state index is -0.920. The molecule has 0 aliphatic carbocycles. The number of hydrogen-bond donors (Lipinski definition) is 2. The maximum Gasteiger partial charge on any atom is 0.328 e. The number of aliphatic carboxylic acids is 1. The molecule has 1 atom stereocenters. The topological polar surface area (TPSA) is 49.3 Å². The van der Waals surface area contributed by atoms with Crippen molar-refractivity contribution in [2.75, 3.05) is 6.54 Å². The molecule has 0 aliphatic heterocycles. The minimum absolute atomic E-state index is 0.191. The number of carboxylic acids is 1. The number of hydrogen-bond acceptors (Lipinski definition) is 2. The van der Waals surface area contributed by atoms with Crippen LogP contribution in [0.2, 0.25) is 0 Å². The number of halogens is 1. The van der Waals surface area contributed by atoms with E-state index in [0.717, 1.165) is 16.1 Å². The molecule has 0 spiro atoms. The summed E-state index contributed by atoms with van der Waals surface area (Å²) in [6, 6.07) is 8.21. The van der Waals surface area contributed by atoms with Gasteiger partial charge in [0, 0.05) is 23.1 Å². The van der Waals surface area contributed by atoms with Gasteiger partial charge in [-0.25, -0.2) is 4.79 Å². The number of nitrogens with one attached hydrogen (secondary N) is 1. The summed E-state index contributed by atoms with van der Waals surface area (Å²) in [6.45, 7) is 2.58. The van der Waals surface area contributed by atoms with E-state index in [0.29, 0.717) is 6.54 Å². The molecule has 3 nitrogen and oxygen atoms in total. The minimum Gasteiger partial charge on any atom is -0.478 e. The van der Waals surface area contributed by atoms with Gasteiger partial charge in [-0.15, -0.1) is 0 Å². The van der Waals surface area contributed by atoms with Crippen molar-refractivity contribution in [3.05, 3.63) is 46.5 Å². The molecule has 0 heterocycles. The largest absolute Gasteiger partial charge is 0.478 e. The van der Waals surface area contributed by atoms with Crippen molar-refractivity contribution in [3.63, 3.8) is 0 Å². The third-order valence-corrected chi connectivity index (χ3v) is 2.64. The Morgan fingerprint density at radius 2 is 2.38 bits per heavy atom. The summed E-state index contributed by atoms with van der Waals surface area (Å²) in [5.74, 6) is -0.920. The van der Waals surface area contributed by atoms with E-state index < -0.39 is 5.97 Å². The predicted octanol–water partition coefficient (Wildman–Crippen LogP) is 2.74. The van der Waals surface area contributed by atoms with E-state index in [4.69, 9.17) is 5.11 Å². The highest BCUT2D eigenvalue weighted by Crippen LogP contribution is 2.17. The summed E-state index contributed by atoms with van der Waals surface area (Å²) in [4.78, 5) is 10.2. The maximum absolute atomic E-state index is 10.2. The lowest BCUT2D eigenvalue weighted by molar-refractivity contribution is -0.131. The fourth-order valence-electron chi connectivity index (χ4n) is 1.30. The smallest absolute Gasteiger partial charge is 0.328 e. The monoisotopic (exact) mass is 283 g/mol. The van der Waals surface area contributed by atoms with Crippen molar-refractivity contribution in [1.82, 2.24) is 5.32 Å². The molecule has 0 radical (unpaired) electrons. The number of rotatable bonds is 5. The fraction of sp³-hybridized carbons (Fsp3) is 0.250. The molecule has 0 saturated carbocycles. The summed E-state index contributed by atoms with van der Waals surface area (Å²) < 4.78 is 1.04. The molecular formula is C12H14BrNO2. The molecule has 86 valence electrons. The summed E-state index contributed by atoms with van der Waals surface area (Å²) in [6.07, 6.45) is 2.73. The van der Waals surface area contributed by atoms with Gasteiger partial charge in [-0.1, -0.05) is 34.1 Å². The van der Waals surface area contributed by atoms with E-state index in [1.54, 1.807) is 6.08 Å². The fourth-order valence-corrected chi connectivity index (χ4v) is 1.72. The lowest BCUT2D eigenvalue weighted by Crippen LogP contribution is -2.18. The first-order valence-corrected chi connectivity index (χ1v) is 5.77. The third kappa shape index (κ3) is 4.59. The van der Waals surface area contributed by atoms with Crippen molar-refractivity contribution in [2.45, 2.75) is 13.0 Å². The molecule has 0 saturated heterocycles. The van der Waals surface area contributed by atoms with Crippen LogP contribution in [0.25, 0.3) is 0 Å². The van der Waals surface area contributed by atoms with Gasteiger partial charge in [-0.3, -0.25) is 0 Å². The van der Waals surface area contributed by atoms with E-state index in [9.17, 15) is 4.79 Å². The Balaban J connectivity index is 2.46. The van der Waals surface area contributed by atoms with E-state index in [1.165, 1.54) is 0 Å². The lowest BCUT2D eigenvalue weighted by atomic mass is 10.1. The van der Waals surface area contributed by atoms with Crippen molar-refractivity contribution < 1.29 is 9.90 Å². The lowest BCUT2D eigenvalue weighted by Gasteiger charge is -2.12. The second-order valence-electron chi connectivity index (χ2n) is 3.43. The van der Waals surface area contributed by atoms with Gasteiger partial charge >= 0.3 is 5.97 Å². The van der Waals surface area contributed by atoms with Gasteiger partial charge in [0.15, 0.2) is 0 Å². The quantitative estimate of drug-likeness (QED) is 0.817. The molecule has 1 rings (SSSR count). The molecule has 1 aromatic rings. The van der Waals surface area contributed by atoms with Gasteiger partial charge in [0.25, 0.3) is 0 Å². The maximum atomic E-state index is 10.2. The zero-order valence-corrected chi connectivity index (χ0v) is 10.6. The summed E-state index contributed by atoms with van der Waals surface area (Å²) >= 11 is 3.41. The van der Waals surface area contributed by atoms with Crippen LogP contribution in [0.1, 0.15) is 18.5 Å². The van der Waals surface area contributed by atoms with Gasteiger partial charge in [0.05, 0.1) is 0 Å². The first kappa shape index (κ1) is 12.9. The Kier molecular flexibility index (Phi) is 5.22. The van der Waals surface area contributed by atoms with E-state index in [1.807, 2.05) is 31.2 Å². The van der Waals surface area contributed by atoms with Crippen molar-refractivity contribution in [1.29, 1.82) is 0 Å². The Morgan fingerprint density at radius 3 is 3.00 bits per heavy atom. The normalized spacial score (nSPS) is 12.9. The molecule has 0 fully saturated rings. The highest BCUT2D eigenvalue weighted by atomic mass is 79.9. The molecule has 0 aliphatic rings. The standard InChI is InChI=1S/C12H14BrNO2/c1-9(14-7-3-6-12(15)16)10-4-2-5-11(13)8-10/h2-6,8-9,14H,7H2,1H3,(H,15,16)/b6-3+/t9-/m1/s1. The van der Waals surface area contributed by atoms with Crippen LogP contribution in [-0.2, 0) is 4.79 Å². The Labute approximate surface area is 103 Å². The zero-order valence-electron chi connectivity index (χ0n) is 8.98. The van der Waals surface area contributed by atoms with Crippen molar-refractivity contribution in [2.24, 2.45) is 0 Å². The first-order chi connectivity index (χ1) is 7.59. The van der Waals surface area contributed by atoms with Crippen LogP contribution >= 0.6 is 15.9 Å². The molecular weight excluding hydrogens is 270 g/mol. The van der Waals surface area contributed by atoms with E-state index >= 15 is 0 Å². The van der Waals surface area contributed by atoms with Crippen LogP contribution in [0.3, 0.4) is 0 Å². The molecule has 16 heavy (non-hydrogen) atoms. The summed E-state index contributed by atoms with van der Waals surface area (Å²) in [5.41, 5.74) is 1.16. The number of carboxylic acid groups (broad SMARTS) is 1. The molecule has 1 aromatic carbocycles. The SMILES string of the molecule is C[C@@H](NC/C=C/C(=O)O)c1cccc(Br)c1. The van der Waals surface area contributed by atoms with Gasteiger partial charge in [0.2, 0.25) is 0 Å². The second kappa shape index (κ2) is 6.45. The molecule has 0 aromatic heterocycles. The number of benzene rings is 1. The van der Waals surface area contributed by atoms with Crippen molar-refractivity contribution in [3.8, 4) is 0 Å². The third-order valence-electron chi connectivity index (χ3n) is 2.15. The first-order valence-electron chi connectivity index (χ1n) is 4.98. The summed E-state index contributed by atoms with van der Waals surface area (Å²) in [5, 5.41) is 11.6. The van der Waals surface area contributed by atoms with Crippen LogP contribution < -0.4 is 5.32 Å². The Bertz CT molecular complexity index is 390. The van der Waals surface area contributed by atoms with Crippen LogP contribution in [-0.4, -0.2) is 17.6 Å². The Morgan fingerprint density at radius 1 is 1.62 bits per heavy atom. The predicted molar refractivity (Wildman–Crippen MR) is 67.3 cm³/mol. The van der Waals surface area contributed by atoms with Crippen LogP contribution in [0.4, 0.5) is 0 Å². The molecule has 0 amide bonds. The van der Waals surface area contributed by atoms with E-state index in [2.05, 4.69) is 21.2 Å². The number of carbonyl (C=O) groups is 1. The second-order valence-corrected chi connectivity index (χ2v) is 4.34. The molecule has 2 N–H and O–H groups in total. The average Bonchev–Trinajstić information content (AvgIpc) is 2.24. The molecule has 4 heteroatoms. The van der Waals surface area contributed by atoms with Gasteiger partial charge < -0.3 is 10.4 Å². The Hall–Kier alpha value is -1.13.